The van der Waals surface area contributed by atoms with Crippen molar-refractivity contribution in [2.45, 2.75) is 38.5 Å². The van der Waals surface area contributed by atoms with E-state index in [4.69, 9.17) is 0 Å². The molecule has 0 aromatic heterocycles. The molecule has 6 nitrogen and oxygen atoms in total. The minimum absolute atomic E-state index is 0.00828. The lowest BCUT2D eigenvalue weighted by Crippen LogP contribution is -2.42. The summed E-state index contributed by atoms with van der Waals surface area (Å²) >= 11 is 1.49. The normalized spacial score (nSPS) is 31.4. The number of hydrogen-bond acceptors (Lipinski definition) is 6. The number of carbonyl (C=O) groups is 1. The monoisotopic (exact) mass is 421 g/mol. The number of amides is 1. The fourth-order valence-corrected chi connectivity index (χ4v) is 8.10. The number of aryl methyl sites for hydroxylation is 1. The number of anilines is 1. The van der Waals surface area contributed by atoms with Crippen molar-refractivity contribution in [3.05, 3.63) is 29.3 Å². The van der Waals surface area contributed by atoms with Crippen molar-refractivity contribution in [2.75, 3.05) is 29.9 Å². The lowest BCUT2D eigenvalue weighted by Gasteiger charge is -2.35. The third kappa shape index (κ3) is 4.08. The van der Waals surface area contributed by atoms with Gasteiger partial charge in [-0.3, -0.25) is 9.79 Å². The van der Waals surface area contributed by atoms with E-state index in [2.05, 4.69) is 24.2 Å². The maximum Gasteiger partial charge on any atom is 0.253 e. The summed E-state index contributed by atoms with van der Waals surface area (Å²) in [6.45, 7) is 8.00. The summed E-state index contributed by atoms with van der Waals surface area (Å²) in [4.78, 5) is 19.5. The van der Waals surface area contributed by atoms with Gasteiger partial charge in [-0.2, -0.15) is 0 Å². The van der Waals surface area contributed by atoms with Crippen molar-refractivity contribution in [3.8, 4) is 0 Å². The highest BCUT2D eigenvalue weighted by atomic mass is 32.2. The molecule has 0 bridgehead atoms. The molecule has 0 aliphatic carbocycles. The van der Waals surface area contributed by atoms with Crippen LogP contribution in [0.25, 0.3) is 0 Å². The molecule has 1 amide bonds. The number of benzene rings is 1. The standard InChI is InChI=1S/C20H27N3O3S2/c1-12-6-13(2)9-23(8-12)19(24)15-5-4-14(3)16(7-15)21-20-22-17-10-28(25,26)11-18(17)27-20/h4-5,7,12-13,17-18H,6,8-11H2,1-3H3,(H,21,22)/t12-,13+,17-,18-/m0/s1. The van der Waals surface area contributed by atoms with Crippen molar-refractivity contribution in [1.82, 2.24) is 4.90 Å². The summed E-state index contributed by atoms with van der Waals surface area (Å²) in [7, 11) is -2.96. The first-order valence-corrected chi connectivity index (χ1v) is 12.5. The van der Waals surface area contributed by atoms with E-state index in [1.54, 1.807) is 0 Å². The molecule has 0 spiro atoms. The number of fused-ring (bicyclic) bond motifs is 1. The van der Waals surface area contributed by atoms with E-state index in [9.17, 15) is 13.2 Å². The average molecular weight is 422 g/mol. The van der Waals surface area contributed by atoms with Crippen LogP contribution in [0.1, 0.15) is 36.2 Å². The molecule has 0 unspecified atom stereocenters. The minimum Gasteiger partial charge on any atom is -0.338 e. The summed E-state index contributed by atoms with van der Waals surface area (Å²) in [6.07, 6.45) is 1.17. The molecule has 4 rings (SSSR count). The number of nitrogens with one attached hydrogen (secondary N) is 1. The molecule has 4 atom stereocenters. The second-order valence-electron chi connectivity index (χ2n) is 8.55. The van der Waals surface area contributed by atoms with Crippen molar-refractivity contribution in [1.29, 1.82) is 0 Å². The number of likely N-dealkylation sites (tertiary alicyclic amines) is 1. The third-order valence-corrected chi connectivity index (χ3v) is 8.84. The molecule has 8 heteroatoms. The Bertz CT molecular complexity index is 919. The highest BCUT2D eigenvalue weighted by molar-refractivity contribution is 8.15. The quantitative estimate of drug-likeness (QED) is 0.794. The van der Waals surface area contributed by atoms with E-state index in [0.717, 1.165) is 29.5 Å². The summed E-state index contributed by atoms with van der Waals surface area (Å²) in [5, 5.41) is 4.08. The van der Waals surface area contributed by atoms with Crippen molar-refractivity contribution in [2.24, 2.45) is 16.8 Å². The summed E-state index contributed by atoms with van der Waals surface area (Å²) in [5.74, 6) is 1.45. The largest absolute Gasteiger partial charge is 0.338 e. The number of aliphatic imine (C=N–C) groups is 1. The van der Waals surface area contributed by atoms with Gasteiger partial charge in [0.1, 0.15) is 0 Å². The number of piperidine rings is 1. The molecule has 3 aliphatic rings. The molecule has 3 heterocycles. The molecule has 0 radical (unpaired) electrons. The van der Waals surface area contributed by atoms with Gasteiger partial charge in [0.05, 0.1) is 17.5 Å². The van der Waals surface area contributed by atoms with Gasteiger partial charge < -0.3 is 10.2 Å². The molecular formula is C20H27N3O3S2. The highest BCUT2D eigenvalue weighted by Gasteiger charge is 2.42. The molecule has 2 fully saturated rings. The Hall–Kier alpha value is -1.54. The molecule has 1 aromatic carbocycles. The van der Waals surface area contributed by atoms with Crippen LogP contribution in [0.15, 0.2) is 23.2 Å². The first-order valence-electron chi connectivity index (χ1n) is 9.82. The summed E-state index contributed by atoms with van der Waals surface area (Å²) < 4.78 is 23.5. The molecule has 1 aromatic rings. The molecule has 1 N–H and O–H groups in total. The van der Waals surface area contributed by atoms with Crippen LogP contribution in [0.3, 0.4) is 0 Å². The molecule has 152 valence electrons. The first kappa shape index (κ1) is 19.8. The number of hydrogen-bond donors (Lipinski definition) is 1. The van der Waals surface area contributed by atoms with Gasteiger partial charge in [0, 0.05) is 29.6 Å². The van der Waals surface area contributed by atoms with Gasteiger partial charge in [-0.05, 0) is 42.9 Å². The van der Waals surface area contributed by atoms with Crippen molar-refractivity contribution in [3.63, 3.8) is 0 Å². The van der Waals surface area contributed by atoms with Gasteiger partial charge >= 0.3 is 0 Å². The SMILES string of the molecule is Cc1ccc(C(=O)N2C[C@H](C)C[C@H](C)C2)cc1NC1=N[C@H]2CS(=O)(=O)C[C@@H]2S1. The van der Waals surface area contributed by atoms with Crippen LogP contribution in [0.2, 0.25) is 0 Å². The van der Waals surface area contributed by atoms with Crippen molar-refractivity contribution >= 4 is 38.4 Å². The third-order valence-electron chi connectivity index (χ3n) is 5.70. The van der Waals surface area contributed by atoms with Gasteiger partial charge in [-0.25, -0.2) is 8.42 Å². The van der Waals surface area contributed by atoms with Crippen LogP contribution in [-0.4, -0.2) is 60.3 Å². The molecular weight excluding hydrogens is 394 g/mol. The maximum absolute atomic E-state index is 13.0. The lowest BCUT2D eigenvalue weighted by atomic mass is 9.91. The number of thioether (sulfide) groups is 1. The zero-order chi connectivity index (χ0) is 20.1. The Morgan fingerprint density at radius 2 is 1.93 bits per heavy atom. The van der Waals surface area contributed by atoms with Crippen molar-refractivity contribution < 1.29 is 13.2 Å². The predicted molar refractivity (Wildman–Crippen MR) is 115 cm³/mol. The topological polar surface area (TPSA) is 78.8 Å². The van der Waals surface area contributed by atoms with E-state index in [-0.39, 0.29) is 28.7 Å². The van der Waals surface area contributed by atoms with E-state index in [1.165, 1.54) is 18.2 Å². The van der Waals surface area contributed by atoms with E-state index in [0.29, 0.717) is 17.4 Å². The van der Waals surface area contributed by atoms with E-state index < -0.39 is 9.84 Å². The Morgan fingerprint density at radius 3 is 2.61 bits per heavy atom. The van der Waals surface area contributed by atoms with Gasteiger partial charge in [0.25, 0.3) is 5.91 Å². The number of amidine groups is 1. The Balaban J connectivity index is 1.50. The fraction of sp³-hybridized carbons (Fsp3) is 0.600. The maximum atomic E-state index is 13.0. The fourth-order valence-electron chi connectivity index (χ4n) is 4.43. The zero-order valence-electron chi connectivity index (χ0n) is 16.5. The van der Waals surface area contributed by atoms with Gasteiger partial charge in [0.2, 0.25) is 0 Å². The number of sulfone groups is 1. The minimum atomic E-state index is -2.96. The zero-order valence-corrected chi connectivity index (χ0v) is 18.1. The van der Waals surface area contributed by atoms with E-state index >= 15 is 0 Å². The number of rotatable bonds is 2. The van der Waals surface area contributed by atoms with Crippen LogP contribution in [0.5, 0.6) is 0 Å². The Morgan fingerprint density at radius 1 is 1.21 bits per heavy atom. The van der Waals surface area contributed by atoms with Crippen LogP contribution in [0.4, 0.5) is 5.69 Å². The molecule has 2 saturated heterocycles. The first-order chi connectivity index (χ1) is 13.2. The van der Waals surface area contributed by atoms with Gasteiger partial charge in [-0.1, -0.05) is 31.7 Å². The number of nitrogens with zero attached hydrogens (tertiary/aromatic N) is 2. The van der Waals surface area contributed by atoms with Gasteiger partial charge in [-0.15, -0.1) is 0 Å². The highest BCUT2D eigenvalue weighted by Crippen LogP contribution is 2.35. The summed E-state index contributed by atoms with van der Waals surface area (Å²) in [6, 6.07) is 5.59. The van der Waals surface area contributed by atoms with Crippen LogP contribution >= 0.6 is 11.8 Å². The summed E-state index contributed by atoms with van der Waals surface area (Å²) in [5.41, 5.74) is 2.57. The Labute approximate surface area is 171 Å². The molecule has 3 aliphatic heterocycles. The molecule has 0 saturated carbocycles. The predicted octanol–water partition coefficient (Wildman–Crippen LogP) is 2.79. The Kier molecular flexibility index (Phi) is 5.20. The van der Waals surface area contributed by atoms with Crippen LogP contribution < -0.4 is 5.32 Å². The van der Waals surface area contributed by atoms with Crippen LogP contribution in [-0.2, 0) is 9.84 Å². The van der Waals surface area contributed by atoms with Gasteiger partial charge in [0.15, 0.2) is 15.0 Å². The number of carbonyl (C=O) groups excluding carboxylic acids is 1. The second-order valence-corrected chi connectivity index (χ2v) is 11.9. The lowest BCUT2D eigenvalue weighted by molar-refractivity contribution is 0.0623. The van der Waals surface area contributed by atoms with E-state index in [1.807, 2.05) is 30.0 Å². The smallest absolute Gasteiger partial charge is 0.253 e. The molecule has 28 heavy (non-hydrogen) atoms. The average Bonchev–Trinajstić information content (AvgIpc) is 3.08. The van der Waals surface area contributed by atoms with Crippen LogP contribution in [0, 0.1) is 18.8 Å². The second kappa shape index (κ2) is 7.37.